The molecule has 148 valence electrons. The van der Waals surface area contributed by atoms with E-state index in [9.17, 15) is 12.6 Å². The molecule has 1 unspecified atom stereocenters. The number of aromatic amines is 1. The summed E-state index contributed by atoms with van der Waals surface area (Å²) in [6.45, 7) is 2.96. The summed E-state index contributed by atoms with van der Waals surface area (Å²) in [7, 11) is -5.10. The summed E-state index contributed by atoms with van der Waals surface area (Å²) in [4.78, 5) is 3.66. The zero-order valence-corrected chi connectivity index (χ0v) is 17.2. The number of piperazine rings is 1. The Hall–Kier alpha value is -1.91. The van der Waals surface area contributed by atoms with E-state index in [0.29, 0.717) is 34.2 Å². The van der Waals surface area contributed by atoms with Crippen LogP contribution in [0.3, 0.4) is 0 Å². The summed E-state index contributed by atoms with van der Waals surface area (Å²) in [6.07, 6.45) is 1.62. The number of halogens is 1. The van der Waals surface area contributed by atoms with E-state index in [0.717, 1.165) is 18.5 Å². The number of anilines is 1. The highest BCUT2D eigenvalue weighted by Gasteiger charge is 2.20. The van der Waals surface area contributed by atoms with Gasteiger partial charge in [-0.15, -0.1) is 0 Å². The van der Waals surface area contributed by atoms with Crippen LogP contribution in [0.4, 0.5) is 5.69 Å². The zero-order valence-electron chi connectivity index (χ0n) is 14.8. The van der Waals surface area contributed by atoms with Crippen molar-refractivity contribution < 1.29 is 12.6 Å². The standard InChI is InChI=1S/C18H19ClN4O3S2/c19-16-12-21-18-15(16)2-1-3-17(18)22-28(25,26)14-6-4-13(5-7-14)27(24)23-10-8-20-9-11-23/h1-7,12,20-22H,8-11H2. The highest BCUT2D eigenvalue weighted by Crippen LogP contribution is 2.30. The van der Waals surface area contributed by atoms with E-state index in [1.165, 1.54) is 12.1 Å². The van der Waals surface area contributed by atoms with E-state index in [2.05, 4.69) is 15.0 Å². The average Bonchev–Trinajstić information content (AvgIpc) is 3.10. The van der Waals surface area contributed by atoms with Gasteiger partial charge in [-0.3, -0.25) is 4.72 Å². The van der Waals surface area contributed by atoms with Gasteiger partial charge in [0.05, 0.1) is 26.0 Å². The van der Waals surface area contributed by atoms with E-state index in [-0.39, 0.29) is 4.90 Å². The molecule has 0 aliphatic carbocycles. The Bertz CT molecular complexity index is 1120. The predicted octanol–water partition coefficient (Wildman–Crippen LogP) is 2.55. The summed E-state index contributed by atoms with van der Waals surface area (Å²) in [6, 6.07) is 11.4. The minimum Gasteiger partial charge on any atom is -0.358 e. The second-order valence-corrected chi connectivity index (χ2v) is 9.95. The van der Waals surface area contributed by atoms with Gasteiger partial charge in [0.25, 0.3) is 10.0 Å². The van der Waals surface area contributed by atoms with Crippen LogP contribution in [0.5, 0.6) is 0 Å². The van der Waals surface area contributed by atoms with Crippen LogP contribution >= 0.6 is 11.6 Å². The van der Waals surface area contributed by atoms with Crippen molar-refractivity contribution in [1.29, 1.82) is 0 Å². The maximum absolute atomic E-state index is 12.8. The second-order valence-electron chi connectivity index (χ2n) is 6.37. The van der Waals surface area contributed by atoms with E-state index >= 15 is 0 Å². The van der Waals surface area contributed by atoms with Crippen molar-refractivity contribution in [2.45, 2.75) is 9.79 Å². The molecule has 0 radical (unpaired) electrons. The number of benzene rings is 2. The van der Waals surface area contributed by atoms with Crippen LogP contribution in [0.2, 0.25) is 5.02 Å². The van der Waals surface area contributed by atoms with Crippen molar-refractivity contribution >= 4 is 49.2 Å². The molecule has 2 aromatic carbocycles. The molecular formula is C18H19ClN4O3S2. The van der Waals surface area contributed by atoms with E-state index in [1.54, 1.807) is 30.5 Å². The number of aromatic nitrogens is 1. The summed E-state index contributed by atoms with van der Waals surface area (Å²) < 4.78 is 42.7. The quantitative estimate of drug-likeness (QED) is 0.570. The van der Waals surface area contributed by atoms with E-state index in [1.807, 2.05) is 10.4 Å². The molecule has 0 bridgehead atoms. The Morgan fingerprint density at radius 3 is 2.50 bits per heavy atom. The number of nitrogens with zero attached hydrogens (tertiary/aromatic N) is 1. The second kappa shape index (κ2) is 7.84. The maximum atomic E-state index is 12.8. The summed E-state index contributed by atoms with van der Waals surface area (Å²) >= 11 is 6.10. The molecule has 1 saturated heterocycles. The highest BCUT2D eigenvalue weighted by atomic mass is 35.5. The van der Waals surface area contributed by atoms with Gasteiger partial charge >= 0.3 is 0 Å². The maximum Gasteiger partial charge on any atom is 0.261 e. The van der Waals surface area contributed by atoms with Crippen molar-refractivity contribution in [2.75, 3.05) is 30.9 Å². The van der Waals surface area contributed by atoms with Gasteiger partial charge in [-0.25, -0.2) is 16.9 Å². The smallest absolute Gasteiger partial charge is 0.261 e. The third-order valence-electron chi connectivity index (χ3n) is 4.56. The van der Waals surface area contributed by atoms with Gasteiger partial charge in [0.15, 0.2) is 0 Å². The summed E-state index contributed by atoms with van der Waals surface area (Å²) in [5.41, 5.74) is 1.03. The van der Waals surface area contributed by atoms with Crippen LogP contribution in [-0.2, 0) is 21.0 Å². The van der Waals surface area contributed by atoms with Gasteiger partial charge in [0, 0.05) is 37.8 Å². The van der Waals surface area contributed by atoms with Crippen LogP contribution < -0.4 is 10.0 Å². The Morgan fingerprint density at radius 1 is 1.07 bits per heavy atom. The number of H-pyrrole nitrogens is 1. The molecule has 1 aliphatic rings. The molecule has 3 aromatic rings. The first-order valence-electron chi connectivity index (χ1n) is 8.72. The third-order valence-corrected chi connectivity index (χ3v) is 7.76. The SMILES string of the molecule is O=S(c1ccc(S(=O)(=O)Nc2cccc3c(Cl)c[nH]c23)cc1)N1CCNCC1. The Balaban J connectivity index is 1.56. The average molecular weight is 439 g/mol. The minimum atomic E-state index is -3.80. The van der Waals surface area contributed by atoms with E-state index in [4.69, 9.17) is 11.6 Å². The van der Waals surface area contributed by atoms with Crippen molar-refractivity contribution in [2.24, 2.45) is 0 Å². The molecule has 10 heteroatoms. The van der Waals surface area contributed by atoms with Crippen molar-refractivity contribution in [3.63, 3.8) is 0 Å². The molecule has 0 saturated carbocycles. The lowest BCUT2D eigenvalue weighted by Gasteiger charge is -2.25. The predicted molar refractivity (Wildman–Crippen MR) is 111 cm³/mol. The Kier molecular flexibility index (Phi) is 5.44. The lowest BCUT2D eigenvalue weighted by atomic mass is 10.2. The van der Waals surface area contributed by atoms with Crippen molar-refractivity contribution in [1.82, 2.24) is 14.6 Å². The number of para-hydroxylation sites is 1. The van der Waals surface area contributed by atoms with E-state index < -0.39 is 21.0 Å². The lowest BCUT2D eigenvalue weighted by Crippen LogP contribution is -2.44. The summed E-state index contributed by atoms with van der Waals surface area (Å²) in [5, 5.41) is 4.48. The van der Waals surface area contributed by atoms with Crippen LogP contribution in [0.25, 0.3) is 10.9 Å². The molecule has 1 atom stereocenters. The molecule has 4 rings (SSSR count). The number of rotatable bonds is 5. The zero-order chi connectivity index (χ0) is 19.7. The molecule has 2 heterocycles. The van der Waals surface area contributed by atoms with Crippen LogP contribution in [-0.4, -0.2) is 48.1 Å². The van der Waals surface area contributed by atoms with Crippen LogP contribution in [0.15, 0.2) is 58.5 Å². The highest BCUT2D eigenvalue weighted by molar-refractivity contribution is 7.92. The monoisotopic (exact) mass is 438 g/mol. The largest absolute Gasteiger partial charge is 0.358 e. The molecule has 7 nitrogen and oxygen atoms in total. The molecule has 0 spiro atoms. The molecule has 3 N–H and O–H groups in total. The van der Waals surface area contributed by atoms with Crippen molar-refractivity contribution in [3.05, 3.63) is 53.7 Å². The first-order valence-corrected chi connectivity index (χ1v) is 11.7. The molecule has 1 fully saturated rings. The number of fused-ring (bicyclic) bond motifs is 1. The number of hydrogen-bond acceptors (Lipinski definition) is 4. The van der Waals surface area contributed by atoms with Gasteiger partial charge in [-0.1, -0.05) is 23.7 Å². The fourth-order valence-electron chi connectivity index (χ4n) is 3.10. The number of sulfonamides is 1. The van der Waals surface area contributed by atoms with Crippen LogP contribution in [0.1, 0.15) is 0 Å². The first kappa shape index (κ1) is 19.4. The fraction of sp³-hybridized carbons (Fsp3) is 0.222. The Morgan fingerprint density at radius 2 is 1.79 bits per heavy atom. The van der Waals surface area contributed by atoms with Gasteiger partial charge in [0.1, 0.15) is 11.0 Å². The number of nitrogens with one attached hydrogen (secondary N) is 3. The molecule has 0 amide bonds. The molecule has 1 aromatic heterocycles. The molecular weight excluding hydrogens is 420 g/mol. The Labute approximate surface area is 170 Å². The minimum absolute atomic E-state index is 0.100. The van der Waals surface area contributed by atoms with Gasteiger partial charge in [0.2, 0.25) is 0 Å². The normalized spacial score (nSPS) is 16.9. The first-order chi connectivity index (χ1) is 13.5. The van der Waals surface area contributed by atoms with Gasteiger partial charge < -0.3 is 10.3 Å². The van der Waals surface area contributed by atoms with Crippen LogP contribution in [0, 0.1) is 0 Å². The summed E-state index contributed by atoms with van der Waals surface area (Å²) in [5.74, 6) is 0. The lowest BCUT2D eigenvalue weighted by molar-refractivity contribution is 0.380. The third kappa shape index (κ3) is 3.81. The van der Waals surface area contributed by atoms with Gasteiger partial charge in [-0.05, 0) is 30.3 Å². The topological polar surface area (TPSA) is 94.3 Å². The molecule has 1 aliphatic heterocycles. The fourth-order valence-corrected chi connectivity index (χ4v) is 5.57. The van der Waals surface area contributed by atoms with Crippen molar-refractivity contribution in [3.8, 4) is 0 Å². The molecule has 28 heavy (non-hydrogen) atoms. The number of hydrogen-bond donors (Lipinski definition) is 3. The van der Waals surface area contributed by atoms with Gasteiger partial charge in [-0.2, -0.15) is 0 Å².